The van der Waals surface area contributed by atoms with E-state index in [2.05, 4.69) is 25.6 Å². The molecule has 0 unspecified atom stereocenters. The second-order valence-electron chi connectivity index (χ2n) is 4.91. The predicted molar refractivity (Wildman–Crippen MR) is 59.1 cm³/mol. The Balaban J connectivity index is 2.65. The fraction of sp³-hybridized carbons (Fsp3) is 0.818. The summed E-state index contributed by atoms with van der Waals surface area (Å²) in [5.41, 5.74) is -0.206. The molecule has 1 fully saturated rings. The lowest BCUT2D eigenvalue weighted by Gasteiger charge is -2.37. The van der Waals surface area contributed by atoms with Crippen molar-refractivity contribution >= 4 is 8.32 Å². The van der Waals surface area contributed by atoms with E-state index in [0.717, 1.165) is 12.8 Å². The number of rotatable bonds is 2. The maximum atomic E-state index is 6.12. The summed E-state index contributed by atoms with van der Waals surface area (Å²) < 4.78 is 6.12. The molecule has 2 heteroatoms. The fourth-order valence-electron chi connectivity index (χ4n) is 1.98. The first-order valence-electron chi connectivity index (χ1n) is 5.15. The monoisotopic (exact) mass is 196 g/mol. The van der Waals surface area contributed by atoms with Gasteiger partial charge in [-0.1, -0.05) is 12.3 Å². The fourth-order valence-corrected chi connectivity index (χ4v) is 3.42. The number of terminal acetylenes is 1. The van der Waals surface area contributed by atoms with Crippen LogP contribution in [0.25, 0.3) is 0 Å². The van der Waals surface area contributed by atoms with Gasteiger partial charge in [-0.25, -0.2) is 0 Å². The summed E-state index contributed by atoms with van der Waals surface area (Å²) in [6, 6.07) is 0. The summed E-state index contributed by atoms with van der Waals surface area (Å²) in [7, 11) is -1.48. The molecular formula is C11H20OSi. The van der Waals surface area contributed by atoms with Crippen LogP contribution in [0.2, 0.25) is 19.6 Å². The van der Waals surface area contributed by atoms with Gasteiger partial charge in [0, 0.05) is 0 Å². The van der Waals surface area contributed by atoms with E-state index in [0.29, 0.717) is 0 Å². The van der Waals surface area contributed by atoms with Crippen molar-refractivity contribution in [1.82, 2.24) is 0 Å². The number of hydrogen-bond acceptors (Lipinski definition) is 1. The van der Waals surface area contributed by atoms with Gasteiger partial charge in [0.15, 0.2) is 8.32 Å². The van der Waals surface area contributed by atoms with Crippen molar-refractivity contribution in [3.8, 4) is 12.3 Å². The molecule has 74 valence electrons. The Morgan fingerprint density at radius 1 is 1.15 bits per heavy atom. The van der Waals surface area contributed by atoms with Gasteiger partial charge in [-0.2, -0.15) is 0 Å². The first-order chi connectivity index (χ1) is 5.97. The lowest BCUT2D eigenvalue weighted by molar-refractivity contribution is 0.0797. The van der Waals surface area contributed by atoms with Crippen LogP contribution in [-0.2, 0) is 4.43 Å². The molecule has 1 nitrogen and oxygen atoms in total. The quantitative estimate of drug-likeness (QED) is 0.487. The highest BCUT2D eigenvalue weighted by molar-refractivity contribution is 6.69. The highest BCUT2D eigenvalue weighted by atomic mass is 28.4. The minimum Gasteiger partial charge on any atom is -0.402 e. The van der Waals surface area contributed by atoms with Crippen LogP contribution in [0.3, 0.4) is 0 Å². The Bertz CT molecular complexity index is 203. The molecule has 0 spiro atoms. The van der Waals surface area contributed by atoms with E-state index in [1.165, 1.54) is 19.3 Å². The van der Waals surface area contributed by atoms with Gasteiger partial charge in [-0.05, 0) is 45.3 Å². The summed E-state index contributed by atoms with van der Waals surface area (Å²) in [6.07, 6.45) is 11.5. The standard InChI is InChI=1S/C11H20OSi/c1-5-11(12-13(2,3)4)9-7-6-8-10-11/h1H,6-10H2,2-4H3. The van der Waals surface area contributed by atoms with Gasteiger partial charge in [-0.3, -0.25) is 0 Å². The molecule has 0 aromatic heterocycles. The molecule has 0 aromatic rings. The molecule has 1 rings (SSSR count). The van der Waals surface area contributed by atoms with Gasteiger partial charge in [0.2, 0.25) is 0 Å². The molecule has 0 radical (unpaired) electrons. The molecule has 0 heterocycles. The first-order valence-corrected chi connectivity index (χ1v) is 8.56. The average Bonchev–Trinajstić information content (AvgIpc) is 2.03. The SMILES string of the molecule is C#CC1(O[Si](C)(C)C)CCCCC1. The van der Waals surface area contributed by atoms with Crippen LogP contribution in [0.1, 0.15) is 32.1 Å². The molecule has 0 bridgehead atoms. The van der Waals surface area contributed by atoms with Crippen molar-refractivity contribution in [1.29, 1.82) is 0 Å². The predicted octanol–water partition coefficient (Wildman–Crippen LogP) is 3.17. The summed E-state index contributed by atoms with van der Waals surface area (Å²) in [6.45, 7) is 6.63. The van der Waals surface area contributed by atoms with Crippen molar-refractivity contribution in [2.24, 2.45) is 0 Å². The van der Waals surface area contributed by atoms with E-state index in [9.17, 15) is 0 Å². The van der Waals surface area contributed by atoms with E-state index in [4.69, 9.17) is 10.8 Å². The van der Waals surface area contributed by atoms with Crippen LogP contribution < -0.4 is 0 Å². The van der Waals surface area contributed by atoms with Crippen molar-refractivity contribution in [3.05, 3.63) is 0 Å². The molecule has 13 heavy (non-hydrogen) atoms. The lowest BCUT2D eigenvalue weighted by Crippen LogP contribution is -2.43. The van der Waals surface area contributed by atoms with Gasteiger partial charge in [0.25, 0.3) is 0 Å². The molecule has 0 saturated heterocycles. The van der Waals surface area contributed by atoms with Gasteiger partial charge in [0.1, 0.15) is 5.60 Å². The molecule has 0 N–H and O–H groups in total. The van der Waals surface area contributed by atoms with Gasteiger partial charge in [-0.15, -0.1) is 6.42 Å². The Labute approximate surface area is 83.0 Å². The van der Waals surface area contributed by atoms with Gasteiger partial charge >= 0.3 is 0 Å². The van der Waals surface area contributed by atoms with Crippen LogP contribution in [0.4, 0.5) is 0 Å². The van der Waals surface area contributed by atoms with Crippen LogP contribution in [0, 0.1) is 12.3 Å². The third kappa shape index (κ3) is 3.17. The number of hydrogen-bond donors (Lipinski definition) is 0. The molecule has 0 amide bonds. The van der Waals surface area contributed by atoms with Crippen LogP contribution in [0.15, 0.2) is 0 Å². The van der Waals surface area contributed by atoms with Gasteiger partial charge in [0.05, 0.1) is 0 Å². The molecule has 0 atom stereocenters. The molecule has 1 aliphatic carbocycles. The second-order valence-corrected chi connectivity index (χ2v) is 9.34. The van der Waals surface area contributed by atoms with Crippen molar-refractivity contribution < 1.29 is 4.43 Å². The van der Waals surface area contributed by atoms with E-state index in [1.807, 2.05) is 0 Å². The third-order valence-corrected chi connectivity index (χ3v) is 3.43. The zero-order valence-electron chi connectivity index (χ0n) is 9.02. The molecular weight excluding hydrogens is 176 g/mol. The maximum absolute atomic E-state index is 6.12. The van der Waals surface area contributed by atoms with Crippen molar-refractivity contribution in [2.45, 2.75) is 57.3 Å². The Kier molecular flexibility index (Phi) is 3.21. The summed E-state index contributed by atoms with van der Waals surface area (Å²) in [5.74, 6) is 2.89. The van der Waals surface area contributed by atoms with Crippen LogP contribution >= 0.6 is 0 Å². The average molecular weight is 196 g/mol. The maximum Gasteiger partial charge on any atom is 0.185 e. The van der Waals surface area contributed by atoms with Crippen LogP contribution in [0.5, 0.6) is 0 Å². The zero-order chi connectivity index (χ0) is 9.95. The van der Waals surface area contributed by atoms with E-state index < -0.39 is 8.32 Å². The summed E-state index contributed by atoms with van der Waals surface area (Å²) in [4.78, 5) is 0. The highest BCUT2D eigenvalue weighted by Gasteiger charge is 2.35. The Morgan fingerprint density at radius 3 is 2.08 bits per heavy atom. The Hall–Kier alpha value is -0.263. The summed E-state index contributed by atoms with van der Waals surface area (Å²) >= 11 is 0. The van der Waals surface area contributed by atoms with E-state index >= 15 is 0 Å². The normalized spacial score (nSPS) is 22.3. The van der Waals surface area contributed by atoms with Crippen molar-refractivity contribution in [3.63, 3.8) is 0 Å². The largest absolute Gasteiger partial charge is 0.402 e. The lowest BCUT2D eigenvalue weighted by atomic mass is 9.86. The van der Waals surface area contributed by atoms with Crippen LogP contribution in [-0.4, -0.2) is 13.9 Å². The van der Waals surface area contributed by atoms with Gasteiger partial charge < -0.3 is 4.43 Å². The minimum atomic E-state index is -1.48. The van der Waals surface area contributed by atoms with E-state index in [-0.39, 0.29) is 5.60 Å². The smallest absolute Gasteiger partial charge is 0.185 e. The second kappa shape index (κ2) is 3.85. The molecule has 0 aliphatic heterocycles. The zero-order valence-corrected chi connectivity index (χ0v) is 10.0. The minimum absolute atomic E-state index is 0.206. The molecule has 0 aromatic carbocycles. The molecule has 1 aliphatic rings. The Morgan fingerprint density at radius 2 is 1.69 bits per heavy atom. The topological polar surface area (TPSA) is 9.23 Å². The summed E-state index contributed by atoms with van der Waals surface area (Å²) in [5, 5.41) is 0. The van der Waals surface area contributed by atoms with Crippen molar-refractivity contribution in [2.75, 3.05) is 0 Å². The molecule has 1 saturated carbocycles. The first kappa shape index (κ1) is 10.8. The highest BCUT2D eigenvalue weighted by Crippen LogP contribution is 2.33. The third-order valence-electron chi connectivity index (χ3n) is 2.43. The van der Waals surface area contributed by atoms with E-state index in [1.54, 1.807) is 0 Å².